The molecule has 3 aromatic rings. The highest BCUT2D eigenvalue weighted by molar-refractivity contribution is 5.35. The van der Waals surface area contributed by atoms with Crippen molar-refractivity contribution in [3.63, 3.8) is 0 Å². The van der Waals surface area contributed by atoms with Crippen LogP contribution in [0.3, 0.4) is 0 Å². The molecule has 7 nitrogen and oxygen atoms in total. The van der Waals surface area contributed by atoms with Gasteiger partial charge in [0.2, 0.25) is 0 Å². The summed E-state index contributed by atoms with van der Waals surface area (Å²) < 4.78 is 105. The molecule has 2 N–H and O–H groups in total. The molecule has 0 aliphatic carbocycles. The van der Waals surface area contributed by atoms with E-state index in [1.54, 1.807) is 0 Å². The first-order valence-electron chi connectivity index (χ1n) is 11.0. The highest BCUT2D eigenvalue weighted by atomic mass is 19.4. The number of benzene rings is 2. The lowest BCUT2D eigenvalue weighted by atomic mass is 10.00. The molecule has 1 aliphatic heterocycles. The van der Waals surface area contributed by atoms with Gasteiger partial charge < -0.3 is 14.6 Å². The number of ether oxygens (including phenoxy) is 2. The smallest absolute Gasteiger partial charge is 0.393 e. The van der Waals surface area contributed by atoms with Crippen molar-refractivity contribution < 1.29 is 45.3 Å². The SMILES string of the molecule is OC[C@H](O[C@@H]1OCCN(Cc2ncn[nH]2)[C@@H]1c1ccc(F)cc1)c1cc(C(F)(F)F)cc(C(F)(F)F)c1. The molecule has 1 aromatic heterocycles. The zero-order valence-corrected chi connectivity index (χ0v) is 18.9. The van der Waals surface area contributed by atoms with Gasteiger partial charge in [0, 0.05) is 6.54 Å². The Morgan fingerprint density at radius 1 is 1.05 bits per heavy atom. The Morgan fingerprint density at radius 3 is 2.24 bits per heavy atom. The lowest BCUT2D eigenvalue weighted by Crippen LogP contribution is -2.46. The molecule has 3 atom stereocenters. The molecular weight excluding hydrogens is 513 g/mol. The summed E-state index contributed by atoms with van der Waals surface area (Å²) in [6, 6.07) is 5.52. The van der Waals surface area contributed by atoms with Crippen LogP contribution in [0.25, 0.3) is 0 Å². The number of aliphatic hydroxyl groups is 1. The highest BCUT2D eigenvalue weighted by Gasteiger charge is 2.40. The molecule has 1 fully saturated rings. The molecule has 0 radical (unpaired) electrons. The second kappa shape index (κ2) is 10.7. The van der Waals surface area contributed by atoms with Gasteiger partial charge in [-0.15, -0.1) is 0 Å². The average molecular weight is 534 g/mol. The average Bonchev–Trinajstić information content (AvgIpc) is 3.35. The third kappa shape index (κ3) is 6.44. The third-order valence-electron chi connectivity index (χ3n) is 5.79. The van der Waals surface area contributed by atoms with Gasteiger partial charge in [-0.05, 0) is 41.5 Å². The number of hydrogen-bond donors (Lipinski definition) is 2. The molecule has 2 heterocycles. The summed E-state index contributed by atoms with van der Waals surface area (Å²) in [5, 5.41) is 16.4. The predicted molar refractivity (Wildman–Crippen MR) is 113 cm³/mol. The molecule has 37 heavy (non-hydrogen) atoms. The summed E-state index contributed by atoms with van der Waals surface area (Å²) in [5.74, 6) is -0.0456. The van der Waals surface area contributed by atoms with Gasteiger partial charge in [-0.3, -0.25) is 10.00 Å². The van der Waals surface area contributed by atoms with Gasteiger partial charge >= 0.3 is 12.4 Å². The van der Waals surface area contributed by atoms with E-state index in [4.69, 9.17) is 9.47 Å². The van der Waals surface area contributed by atoms with Crippen molar-refractivity contribution in [1.29, 1.82) is 0 Å². The Morgan fingerprint density at radius 2 is 1.70 bits per heavy atom. The van der Waals surface area contributed by atoms with Gasteiger partial charge in [-0.25, -0.2) is 9.37 Å². The maximum absolute atomic E-state index is 13.6. The molecular formula is C23H21F7N4O3. The zero-order chi connectivity index (χ0) is 26.8. The van der Waals surface area contributed by atoms with Gasteiger partial charge in [0.1, 0.15) is 24.1 Å². The van der Waals surface area contributed by atoms with E-state index in [-0.39, 0.29) is 19.2 Å². The lowest BCUT2D eigenvalue weighted by molar-refractivity contribution is -0.238. The number of alkyl halides is 6. The standard InChI is InChI=1S/C23H21F7N4O3/c24-17-3-1-13(2-4-17)20-21(36-6-5-34(20)10-19-31-12-32-33-19)37-18(11-35)14-7-15(22(25,26)27)9-16(8-14)23(28,29)30/h1-4,7-9,12,18,20-21,35H,5-6,10-11H2,(H,31,32,33)/t18-,20+,21-/m0/s1. The summed E-state index contributed by atoms with van der Waals surface area (Å²) in [4.78, 5) is 5.89. The number of aromatic amines is 1. The monoisotopic (exact) mass is 534 g/mol. The number of halogens is 7. The summed E-state index contributed by atoms with van der Waals surface area (Å²) >= 11 is 0. The number of nitrogens with one attached hydrogen (secondary N) is 1. The van der Waals surface area contributed by atoms with E-state index < -0.39 is 59.9 Å². The van der Waals surface area contributed by atoms with Crippen molar-refractivity contribution >= 4 is 0 Å². The van der Waals surface area contributed by atoms with E-state index >= 15 is 0 Å². The van der Waals surface area contributed by atoms with E-state index in [1.165, 1.54) is 30.6 Å². The normalized spacial score (nSPS) is 20.2. The fourth-order valence-electron chi connectivity index (χ4n) is 4.06. The van der Waals surface area contributed by atoms with E-state index in [2.05, 4.69) is 15.2 Å². The molecule has 2 aromatic carbocycles. The van der Waals surface area contributed by atoms with Crippen LogP contribution in [0.2, 0.25) is 0 Å². The van der Waals surface area contributed by atoms with Crippen LogP contribution in [-0.2, 0) is 28.4 Å². The molecule has 0 spiro atoms. The van der Waals surface area contributed by atoms with Crippen LogP contribution >= 0.6 is 0 Å². The van der Waals surface area contributed by atoms with Gasteiger partial charge in [-0.2, -0.15) is 31.4 Å². The van der Waals surface area contributed by atoms with Crippen LogP contribution < -0.4 is 0 Å². The number of aliphatic hydroxyl groups excluding tert-OH is 1. The van der Waals surface area contributed by atoms with Crippen LogP contribution in [0.1, 0.15) is 40.2 Å². The maximum atomic E-state index is 13.6. The molecule has 1 aliphatic rings. The number of hydrogen-bond acceptors (Lipinski definition) is 6. The van der Waals surface area contributed by atoms with Gasteiger partial charge in [0.15, 0.2) is 6.29 Å². The minimum atomic E-state index is -5.07. The topological polar surface area (TPSA) is 83.5 Å². The molecule has 0 bridgehead atoms. The molecule has 1 saturated heterocycles. The second-order valence-corrected chi connectivity index (χ2v) is 8.28. The van der Waals surface area contributed by atoms with Crippen molar-refractivity contribution in [3.8, 4) is 0 Å². The largest absolute Gasteiger partial charge is 0.416 e. The third-order valence-corrected chi connectivity index (χ3v) is 5.79. The van der Waals surface area contributed by atoms with Crippen LogP contribution in [0.5, 0.6) is 0 Å². The minimum Gasteiger partial charge on any atom is -0.393 e. The first kappa shape index (κ1) is 27.0. The molecule has 0 saturated carbocycles. The first-order chi connectivity index (χ1) is 17.5. The molecule has 0 unspecified atom stereocenters. The van der Waals surface area contributed by atoms with Crippen molar-refractivity contribution in [1.82, 2.24) is 20.1 Å². The second-order valence-electron chi connectivity index (χ2n) is 8.28. The molecule has 4 rings (SSSR count). The number of aromatic nitrogens is 3. The molecule has 0 amide bonds. The maximum Gasteiger partial charge on any atom is 0.416 e. The van der Waals surface area contributed by atoms with Crippen molar-refractivity contribution in [3.05, 3.63) is 82.7 Å². The van der Waals surface area contributed by atoms with E-state index in [1.807, 2.05) is 4.90 Å². The van der Waals surface area contributed by atoms with Crippen molar-refractivity contribution in [2.24, 2.45) is 0 Å². The number of H-pyrrole nitrogens is 1. The lowest BCUT2D eigenvalue weighted by Gasteiger charge is -2.41. The van der Waals surface area contributed by atoms with Crippen LogP contribution in [-0.4, -0.2) is 51.2 Å². The fraction of sp³-hybridized carbons (Fsp3) is 0.391. The van der Waals surface area contributed by atoms with E-state index in [9.17, 15) is 35.8 Å². The van der Waals surface area contributed by atoms with E-state index in [0.29, 0.717) is 30.1 Å². The summed E-state index contributed by atoms with van der Waals surface area (Å²) in [7, 11) is 0. The molecule has 200 valence electrons. The number of rotatable bonds is 7. The van der Waals surface area contributed by atoms with Crippen LogP contribution in [0.15, 0.2) is 48.8 Å². The Bertz CT molecular complexity index is 1140. The summed E-state index contributed by atoms with van der Waals surface area (Å²) in [6.07, 6.45) is -11.7. The Hall–Kier alpha value is -3.07. The quantitative estimate of drug-likeness (QED) is 0.430. The van der Waals surface area contributed by atoms with Gasteiger partial charge in [0.05, 0.1) is 36.9 Å². The summed E-state index contributed by atoms with van der Waals surface area (Å²) in [5.41, 5.74) is -3.10. The van der Waals surface area contributed by atoms with Crippen molar-refractivity contribution in [2.45, 2.75) is 37.3 Å². The Kier molecular flexibility index (Phi) is 7.83. The van der Waals surface area contributed by atoms with Crippen molar-refractivity contribution in [2.75, 3.05) is 19.8 Å². The molecule has 14 heteroatoms. The van der Waals surface area contributed by atoms with Gasteiger partial charge in [0.25, 0.3) is 0 Å². The highest BCUT2D eigenvalue weighted by Crippen LogP contribution is 2.39. The first-order valence-corrected chi connectivity index (χ1v) is 11.0. The van der Waals surface area contributed by atoms with Crippen LogP contribution in [0, 0.1) is 5.82 Å². The van der Waals surface area contributed by atoms with Gasteiger partial charge in [-0.1, -0.05) is 12.1 Å². The predicted octanol–water partition coefficient (Wildman–Crippen LogP) is 4.63. The Labute approximate surface area is 205 Å². The fourth-order valence-corrected chi connectivity index (χ4v) is 4.06. The van der Waals surface area contributed by atoms with E-state index in [0.717, 1.165) is 0 Å². The summed E-state index contributed by atoms with van der Waals surface area (Å²) in [6.45, 7) is -0.299. The van der Waals surface area contributed by atoms with Crippen LogP contribution in [0.4, 0.5) is 30.7 Å². The zero-order valence-electron chi connectivity index (χ0n) is 18.9. The minimum absolute atomic E-state index is 0.00447. The Balaban J connectivity index is 1.69. The number of morpholine rings is 1. The number of nitrogens with zero attached hydrogens (tertiary/aromatic N) is 3.